The van der Waals surface area contributed by atoms with Gasteiger partial charge in [-0.3, -0.25) is 0 Å². The molecular weight excluding hydrogens is 492 g/mol. The Balaban J connectivity index is 1.61. The van der Waals surface area contributed by atoms with E-state index in [1.807, 2.05) is 0 Å². The first-order valence-corrected chi connectivity index (χ1v) is 15.2. The van der Waals surface area contributed by atoms with E-state index in [-0.39, 0.29) is 6.29 Å². The van der Waals surface area contributed by atoms with Gasteiger partial charge in [0.1, 0.15) is 0 Å². The van der Waals surface area contributed by atoms with Gasteiger partial charge in [-0.25, -0.2) is 0 Å². The predicted octanol–water partition coefficient (Wildman–Crippen LogP) is 4.79. The second-order valence-corrected chi connectivity index (χ2v) is 9.43. The Kier molecular flexibility index (Phi) is 29.3. The fourth-order valence-corrected chi connectivity index (χ4v) is 3.84. The van der Waals surface area contributed by atoms with Crippen molar-refractivity contribution in [3.8, 4) is 0 Å². The van der Waals surface area contributed by atoms with Crippen LogP contribution in [0, 0.1) is 0 Å². The highest BCUT2D eigenvalue weighted by atomic mass is 16.7. The van der Waals surface area contributed by atoms with Crippen molar-refractivity contribution in [1.82, 2.24) is 0 Å². The van der Waals surface area contributed by atoms with Crippen LogP contribution in [0.4, 0.5) is 0 Å². The summed E-state index contributed by atoms with van der Waals surface area (Å²) in [6.07, 6.45) is 13.8. The van der Waals surface area contributed by atoms with Crippen LogP contribution in [0.15, 0.2) is 0 Å². The molecular formula is C29H58O9. The summed E-state index contributed by atoms with van der Waals surface area (Å²) in [5, 5.41) is 0. The fraction of sp³-hybridized carbons (Fsp3) is 1.00. The number of hydrogen-bond donors (Lipinski definition) is 0. The minimum absolute atomic E-state index is 0.0541. The maximum absolute atomic E-state index is 5.61. The summed E-state index contributed by atoms with van der Waals surface area (Å²) in [6.45, 7) is 11.8. The number of unbranched alkanes of at least 4 members (excludes halogenated alkanes) is 7. The van der Waals surface area contributed by atoms with E-state index in [1.54, 1.807) is 0 Å². The van der Waals surface area contributed by atoms with Gasteiger partial charge in [-0.2, -0.15) is 0 Å². The summed E-state index contributed by atoms with van der Waals surface area (Å²) in [6, 6.07) is 0. The summed E-state index contributed by atoms with van der Waals surface area (Å²) in [5.74, 6) is 0. The predicted molar refractivity (Wildman–Crippen MR) is 148 cm³/mol. The molecule has 0 N–H and O–H groups in total. The first kappa shape index (κ1) is 35.7. The molecule has 38 heavy (non-hydrogen) atoms. The van der Waals surface area contributed by atoms with Gasteiger partial charge in [-0.1, -0.05) is 51.9 Å². The summed E-state index contributed by atoms with van der Waals surface area (Å²) in [7, 11) is 0. The molecule has 1 aliphatic rings. The minimum Gasteiger partial charge on any atom is -0.379 e. The molecule has 228 valence electrons. The first-order valence-electron chi connectivity index (χ1n) is 15.2. The van der Waals surface area contributed by atoms with Gasteiger partial charge in [0.25, 0.3) is 0 Å². The smallest absolute Gasteiger partial charge is 0.157 e. The van der Waals surface area contributed by atoms with Gasteiger partial charge < -0.3 is 42.6 Å². The summed E-state index contributed by atoms with van der Waals surface area (Å²) in [5.41, 5.74) is 0. The standard InChI is InChI=1S/C29H58O9/c1-2-3-4-5-6-7-8-10-13-30-15-16-31-17-18-32-19-20-33-21-22-34-23-24-35-25-26-36-27-28-38-29-12-9-11-14-37-29/h29H,2-28H2,1H3. The fourth-order valence-electron chi connectivity index (χ4n) is 3.84. The van der Waals surface area contributed by atoms with Gasteiger partial charge in [0, 0.05) is 13.2 Å². The van der Waals surface area contributed by atoms with Crippen molar-refractivity contribution < 1.29 is 42.6 Å². The topological polar surface area (TPSA) is 83.1 Å². The SMILES string of the molecule is CCCCCCCCCCOCCOCCOCCOCCOCCOCCOCCOC1CCCCO1. The van der Waals surface area contributed by atoms with Crippen LogP contribution in [0.3, 0.4) is 0 Å². The molecule has 9 nitrogen and oxygen atoms in total. The molecule has 0 aliphatic carbocycles. The molecule has 0 spiro atoms. The van der Waals surface area contributed by atoms with Gasteiger partial charge in [0.15, 0.2) is 6.29 Å². The molecule has 0 aromatic rings. The van der Waals surface area contributed by atoms with E-state index in [2.05, 4.69) is 6.92 Å². The lowest BCUT2D eigenvalue weighted by Gasteiger charge is -2.22. The van der Waals surface area contributed by atoms with Gasteiger partial charge in [-0.15, -0.1) is 0 Å². The van der Waals surface area contributed by atoms with Crippen molar-refractivity contribution in [2.24, 2.45) is 0 Å². The highest BCUT2D eigenvalue weighted by Gasteiger charge is 2.13. The quantitative estimate of drug-likeness (QED) is 0.113. The molecule has 1 atom stereocenters. The van der Waals surface area contributed by atoms with E-state index in [0.29, 0.717) is 92.5 Å². The second kappa shape index (κ2) is 31.2. The zero-order valence-electron chi connectivity index (χ0n) is 24.3. The molecule has 0 saturated carbocycles. The van der Waals surface area contributed by atoms with E-state index in [1.165, 1.54) is 51.4 Å². The molecule has 1 unspecified atom stereocenters. The van der Waals surface area contributed by atoms with Crippen molar-refractivity contribution in [3.05, 3.63) is 0 Å². The minimum atomic E-state index is -0.0541. The first-order chi connectivity index (χ1) is 18.9. The van der Waals surface area contributed by atoms with Crippen LogP contribution < -0.4 is 0 Å². The lowest BCUT2D eigenvalue weighted by molar-refractivity contribution is -0.169. The zero-order valence-corrected chi connectivity index (χ0v) is 24.3. The number of ether oxygens (including phenoxy) is 9. The van der Waals surface area contributed by atoms with Crippen molar-refractivity contribution in [2.75, 3.05) is 106 Å². The Morgan fingerprint density at radius 3 is 1.26 bits per heavy atom. The average molecular weight is 551 g/mol. The molecule has 1 heterocycles. The molecule has 1 aliphatic heterocycles. The Hall–Kier alpha value is -0.360. The largest absolute Gasteiger partial charge is 0.379 e. The molecule has 1 fully saturated rings. The van der Waals surface area contributed by atoms with Crippen molar-refractivity contribution in [2.45, 2.75) is 83.8 Å². The summed E-state index contributed by atoms with van der Waals surface area (Å²) >= 11 is 0. The van der Waals surface area contributed by atoms with E-state index in [4.69, 9.17) is 42.6 Å². The van der Waals surface area contributed by atoms with Crippen LogP contribution in [0.5, 0.6) is 0 Å². The monoisotopic (exact) mass is 550 g/mol. The Morgan fingerprint density at radius 1 is 0.447 bits per heavy atom. The normalized spacial score (nSPS) is 15.9. The highest BCUT2D eigenvalue weighted by molar-refractivity contribution is 4.53. The molecule has 0 amide bonds. The van der Waals surface area contributed by atoms with E-state index < -0.39 is 0 Å². The molecule has 0 bridgehead atoms. The lowest BCUT2D eigenvalue weighted by Crippen LogP contribution is -2.24. The van der Waals surface area contributed by atoms with Gasteiger partial charge in [0.05, 0.1) is 92.5 Å². The van der Waals surface area contributed by atoms with Crippen LogP contribution in [0.1, 0.15) is 77.6 Å². The second-order valence-electron chi connectivity index (χ2n) is 9.43. The van der Waals surface area contributed by atoms with Crippen molar-refractivity contribution in [1.29, 1.82) is 0 Å². The molecule has 1 saturated heterocycles. The molecule has 9 heteroatoms. The Labute approximate surface area is 232 Å². The molecule has 0 aromatic heterocycles. The van der Waals surface area contributed by atoms with Crippen LogP contribution in [-0.2, 0) is 42.6 Å². The van der Waals surface area contributed by atoms with Crippen molar-refractivity contribution >= 4 is 0 Å². The van der Waals surface area contributed by atoms with Crippen LogP contribution in [0.2, 0.25) is 0 Å². The third kappa shape index (κ3) is 27.2. The number of rotatable bonds is 31. The van der Waals surface area contributed by atoms with E-state index in [0.717, 1.165) is 32.5 Å². The third-order valence-electron chi connectivity index (χ3n) is 6.04. The molecule has 0 aromatic carbocycles. The average Bonchev–Trinajstić information content (AvgIpc) is 2.94. The maximum atomic E-state index is 5.61. The Morgan fingerprint density at radius 2 is 0.842 bits per heavy atom. The molecule has 1 rings (SSSR count). The maximum Gasteiger partial charge on any atom is 0.157 e. The summed E-state index contributed by atoms with van der Waals surface area (Å²) < 4.78 is 49.7. The van der Waals surface area contributed by atoms with Gasteiger partial charge >= 0.3 is 0 Å². The number of hydrogen-bond acceptors (Lipinski definition) is 9. The van der Waals surface area contributed by atoms with Crippen LogP contribution in [0.25, 0.3) is 0 Å². The summed E-state index contributed by atoms with van der Waals surface area (Å²) in [4.78, 5) is 0. The Bertz CT molecular complexity index is 436. The van der Waals surface area contributed by atoms with Crippen LogP contribution in [-0.4, -0.2) is 112 Å². The third-order valence-corrected chi connectivity index (χ3v) is 6.04. The highest BCUT2D eigenvalue weighted by Crippen LogP contribution is 2.13. The van der Waals surface area contributed by atoms with Gasteiger partial charge in [0.2, 0.25) is 0 Å². The molecule has 0 radical (unpaired) electrons. The van der Waals surface area contributed by atoms with Crippen molar-refractivity contribution in [3.63, 3.8) is 0 Å². The van der Waals surface area contributed by atoms with Gasteiger partial charge in [-0.05, 0) is 25.7 Å². The zero-order chi connectivity index (χ0) is 27.0. The van der Waals surface area contributed by atoms with E-state index >= 15 is 0 Å². The lowest BCUT2D eigenvalue weighted by atomic mass is 10.1. The van der Waals surface area contributed by atoms with Crippen LogP contribution >= 0.6 is 0 Å². The van der Waals surface area contributed by atoms with E-state index in [9.17, 15) is 0 Å².